The molecule has 16 heteroatoms. The van der Waals surface area contributed by atoms with E-state index in [2.05, 4.69) is 39.3 Å². The monoisotopic (exact) mass is 508 g/mol. The van der Waals surface area contributed by atoms with Crippen LogP contribution >= 0.6 is 0 Å². The molecule has 1 aliphatic rings. The van der Waals surface area contributed by atoms with Gasteiger partial charge in [0, 0.05) is 0 Å². The third-order valence-corrected chi connectivity index (χ3v) is 28.0. The zero-order valence-electron chi connectivity index (χ0n) is 17.9. The van der Waals surface area contributed by atoms with Crippen molar-refractivity contribution in [3.63, 3.8) is 0 Å². The summed E-state index contributed by atoms with van der Waals surface area (Å²) in [4.78, 5) is 0. The summed E-state index contributed by atoms with van der Waals surface area (Å²) >= 11 is 0. The minimum absolute atomic E-state index is 1.05. The van der Waals surface area contributed by atoms with E-state index in [1.54, 1.807) is 0 Å². The highest BCUT2D eigenvalue weighted by Crippen LogP contribution is 2.26. The van der Waals surface area contributed by atoms with Gasteiger partial charge < -0.3 is 32.9 Å². The van der Waals surface area contributed by atoms with E-state index in [1.165, 1.54) is 0 Å². The second-order valence-electron chi connectivity index (χ2n) is 8.46. The SMILES string of the molecule is C[Si]1(C)O[SiH2]O[SiH2]O[SiH2]O[Si](C)(C)O[Si](C)(C)O[Si](C)(C)O[Si](C)(C)O1. The normalized spacial score (nSPS) is 32.5. The molecular weight excluding hydrogens is 473 g/mol. The fraction of sp³-hybridized carbons (Fsp3) is 1.00. The lowest BCUT2D eigenvalue weighted by Gasteiger charge is -2.42. The molecule has 1 fully saturated rings. The Morgan fingerprint density at radius 2 is 0.654 bits per heavy atom. The van der Waals surface area contributed by atoms with Crippen molar-refractivity contribution < 1.29 is 32.9 Å². The molecule has 0 amide bonds. The lowest BCUT2D eigenvalue weighted by molar-refractivity contribution is 0.264. The van der Waals surface area contributed by atoms with Crippen LogP contribution in [0.1, 0.15) is 0 Å². The van der Waals surface area contributed by atoms with E-state index >= 15 is 0 Å². The summed E-state index contributed by atoms with van der Waals surface area (Å²) in [6, 6.07) is 0. The molecule has 0 unspecified atom stereocenters. The Labute approximate surface area is 171 Å². The van der Waals surface area contributed by atoms with Crippen LogP contribution in [0.5, 0.6) is 0 Å². The maximum Gasteiger partial charge on any atom is 0.314 e. The molecule has 0 saturated carbocycles. The lowest BCUT2D eigenvalue weighted by atomic mass is 11.9. The topological polar surface area (TPSA) is 73.8 Å². The fourth-order valence-corrected chi connectivity index (χ4v) is 31.6. The van der Waals surface area contributed by atoms with Crippen LogP contribution in [0, 0.1) is 0 Å². The summed E-state index contributed by atoms with van der Waals surface area (Å²) in [6.45, 7) is 20.5. The van der Waals surface area contributed by atoms with Gasteiger partial charge in [-0.25, -0.2) is 0 Å². The maximum atomic E-state index is 6.45. The minimum atomic E-state index is -2.44. The molecule has 0 aromatic carbocycles. The van der Waals surface area contributed by atoms with Crippen molar-refractivity contribution in [1.82, 2.24) is 0 Å². The molecule has 0 aliphatic carbocycles. The van der Waals surface area contributed by atoms with Gasteiger partial charge in [0.2, 0.25) is 0 Å². The van der Waals surface area contributed by atoms with Gasteiger partial charge in [0.1, 0.15) is 0 Å². The van der Waals surface area contributed by atoms with Gasteiger partial charge in [-0.2, -0.15) is 0 Å². The Kier molecular flexibility index (Phi) is 9.28. The van der Waals surface area contributed by atoms with Crippen molar-refractivity contribution in [3.8, 4) is 0 Å². The average molecular weight is 509 g/mol. The van der Waals surface area contributed by atoms with Crippen molar-refractivity contribution in [1.29, 1.82) is 0 Å². The quantitative estimate of drug-likeness (QED) is 0.441. The van der Waals surface area contributed by atoms with Crippen LogP contribution in [-0.2, 0) is 32.9 Å². The van der Waals surface area contributed by atoms with Crippen LogP contribution in [0.15, 0.2) is 0 Å². The van der Waals surface area contributed by atoms with E-state index in [9.17, 15) is 0 Å². The zero-order chi connectivity index (χ0) is 20.3. The van der Waals surface area contributed by atoms with Gasteiger partial charge in [0.15, 0.2) is 0 Å². The number of rotatable bonds is 0. The average Bonchev–Trinajstić information content (AvgIpc) is 2.29. The van der Waals surface area contributed by atoms with Crippen LogP contribution < -0.4 is 0 Å². The Morgan fingerprint density at radius 1 is 0.385 bits per heavy atom. The minimum Gasteiger partial charge on any atom is -0.425 e. The molecule has 26 heavy (non-hydrogen) atoms. The predicted octanol–water partition coefficient (Wildman–Crippen LogP) is 0.638. The molecule has 0 aromatic heterocycles. The molecule has 8 nitrogen and oxygen atoms in total. The highest BCUT2D eigenvalue weighted by atomic mass is 28.5. The van der Waals surface area contributed by atoms with E-state index in [0.29, 0.717) is 0 Å². The van der Waals surface area contributed by atoms with Crippen molar-refractivity contribution >= 4 is 72.8 Å². The molecule has 0 bridgehead atoms. The highest BCUT2D eigenvalue weighted by molar-refractivity contribution is 6.89. The first-order chi connectivity index (χ1) is 11.5. The van der Waals surface area contributed by atoms with Crippen LogP contribution in [0.3, 0.4) is 0 Å². The van der Waals surface area contributed by atoms with Crippen molar-refractivity contribution in [2.75, 3.05) is 0 Å². The van der Waals surface area contributed by atoms with Crippen LogP contribution in [-0.4, -0.2) is 72.8 Å². The maximum absolute atomic E-state index is 6.45. The summed E-state index contributed by atoms with van der Waals surface area (Å²) in [7, 11) is -15.1. The molecule has 0 N–H and O–H groups in total. The van der Waals surface area contributed by atoms with E-state index in [4.69, 9.17) is 32.9 Å². The largest absolute Gasteiger partial charge is 0.425 e. The zero-order valence-corrected chi connectivity index (χ0v) is 27.1. The lowest BCUT2D eigenvalue weighted by Crippen LogP contribution is -2.59. The van der Waals surface area contributed by atoms with Gasteiger partial charge in [-0.3, -0.25) is 0 Å². The summed E-state index contributed by atoms with van der Waals surface area (Å²) in [6.07, 6.45) is 0. The second-order valence-corrected chi connectivity index (χ2v) is 32.0. The molecule has 0 aromatic rings. The van der Waals surface area contributed by atoms with Crippen molar-refractivity contribution in [2.45, 2.75) is 65.5 Å². The summed E-state index contributed by atoms with van der Waals surface area (Å²) in [5.74, 6) is 0. The predicted molar refractivity (Wildman–Crippen MR) is 122 cm³/mol. The van der Waals surface area contributed by atoms with Crippen LogP contribution in [0.4, 0.5) is 0 Å². The summed E-state index contributed by atoms with van der Waals surface area (Å²) in [5, 5.41) is 0. The van der Waals surface area contributed by atoms with Gasteiger partial charge in [0.25, 0.3) is 30.0 Å². The van der Waals surface area contributed by atoms with Crippen molar-refractivity contribution in [3.05, 3.63) is 0 Å². The number of hydrogen-bond donors (Lipinski definition) is 0. The Bertz CT molecular complexity index is 422. The van der Waals surface area contributed by atoms with E-state index in [1.807, 2.05) is 26.2 Å². The van der Waals surface area contributed by atoms with E-state index in [0.717, 1.165) is 0 Å². The molecule has 1 saturated heterocycles. The van der Waals surface area contributed by atoms with Gasteiger partial charge in [0.05, 0.1) is 0 Å². The second kappa shape index (κ2) is 9.48. The van der Waals surface area contributed by atoms with E-state index < -0.39 is 72.8 Å². The first-order valence-electron chi connectivity index (χ1n) is 8.77. The Hall–Kier alpha value is 1.42. The van der Waals surface area contributed by atoms with Crippen molar-refractivity contribution in [2.24, 2.45) is 0 Å². The van der Waals surface area contributed by atoms with Crippen LogP contribution in [0.25, 0.3) is 0 Å². The fourth-order valence-electron chi connectivity index (χ4n) is 2.98. The first-order valence-corrected chi connectivity index (χ1v) is 26.3. The van der Waals surface area contributed by atoms with Gasteiger partial charge in [-0.1, -0.05) is 0 Å². The highest BCUT2D eigenvalue weighted by Gasteiger charge is 2.46. The summed E-state index contributed by atoms with van der Waals surface area (Å²) < 4.78 is 49.0. The third-order valence-electron chi connectivity index (χ3n) is 3.11. The van der Waals surface area contributed by atoms with Gasteiger partial charge in [-0.05, 0) is 65.5 Å². The smallest absolute Gasteiger partial charge is 0.314 e. The van der Waals surface area contributed by atoms with Gasteiger partial charge in [-0.15, -0.1) is 0 Å². The summed E-state index contributed by atoms with van der Waals surface area (Å²) in [5.41, 5.74) is 0. The Balaban J connectivity index is 2.95. The Morgan fingerprint density at radius 3 is 0.962 bits per heavy atom. The molecule has 0 spiro atoms. The molecule has 1 rings (SSSR count). The standard InChI is InChI=1S/C10H36O8Si8/c1-22(2)13-20-11-19-12-21-14-23(3,4)16-25(7,8)18-26(9,10)17-24(5,6)15-22/h19-21H2,1-10H3. The third kappa shape index (κ3) is 10.8. The van der Waals surface area contributed by atoms with E-state index in [-0.39, 0.29) is 0 Å². The molecule has 0 atom stereocenters. The molecule has 1 heterocycles. The molecular formula is C10H36O8Si8. The molecule has 0 radical (unpaired) electrons. The molecule has 1 aliphatic heterocycles. The van der Waals surface area contributed by atoms with Gasteiger partial charge >= 0.3 is 42.8 Å². The first kappa shape index (κ1) is 25.5. The molecule has 156 valence electrons. The van der Waals surface area contributed by atoms with Crippen LogP contribution in [0.2, 0.25) is 65.5 Å². The number of hydrogen-bond acceptors (Lipinski definition) is 8.